The predicted molar refractivity (Wildman–Crippen MR) is 48.1 cm³/mol. The zero-order chi connectivity index (χ0) is 8.85. The van der Waals surface area contributed by atoms with Gasteiger partial charge in [-0.2, -0.15) is 5.26 Å². The number of allylic oxidation sites excluding steroid dienone is 5. The normalized spacial score (nSPS) is 10.2. The van der Waals surface area contributed by atoms with Crippen LogP contribution in [0.1, 0.15) is 13.8 Å². The van der Waals surface area contributed by atoms with E-state index < -0.39 is 0 Å². The number of nitrogens with zero attached hydrogens (tertiary/aromatic N) is 1. The van der Waals surface area contributed by atoms with Crippen LogP contribution in [0.4, 0.5) is 0 Å². The van der Waals surface area contributed by atoms with Gasteiger partial charge < -0.3 is 0 Å². The summed E-state index contributed by atoms with van der Waals surface area (Å²) in [7, 11) is 0. The molecule has 0 aromatic rings. The topological polar surface area (TPSA) is 23.8 Å². The van der Waals surface area contributed by atoms with Crippen molar-refractivity contribution in [3.05, 3.63) is 34.9 Å². The number of hydrogen-bond donors (Lipinski definition) is 0. The molecule has 0 aliphatic heterocycles. The van der Waals surface area contributed by atoms with E-state index in [1.165, 1.54) is 6.08 Å². The third-order valence-corrected chi connectivity index (χ3v) is 0.995. The number of rotatable bonds is 2. The second-order valence-corrected chi connectivity index (χ2v) is 2.87. The van der Waals surface area contributed by atoms with Gasteiger partial charge in [0.25, 0.3) is 0 Å². The van der Waals surface area contributed by atoms with Crippen molar-refractivity contribution in [1.82, 2.24) is 0 Å². The van der Waals surface area contributed by atoms with Crippen LogP contribution >= 0.6 is 11.6 Å². The van der Waals surface area contributed by atoms with Crippen molar-refractivity contribution in [2.75, 3.05) is 0 Å². The highest BCUT2D eigenvalue weighted by molar-refractivity contribution is 6.30. The Morgan fingerprint density at radius 2 is 2.00 bits per heavy atom. The smallest absolute Gasteiger partial charge is 0.0992 e. The Bertz CT molecular complexity index is 249. The molecule has 2 heteroatoms. The Morgan fingerprint density at radius 3 is 2.27 bits per heavy atom. The molecule has 0 aliphatic rings. The third-order valence-electron chi connectivity index (χ3n) is 0.885. The number of hydrogen-bond acceptors (Lipinski definition) is 1. The molecule has 0 saturated heterocycles. The van der Waals surface area contributed by atoms with Crippen molar-refractivity contribution in [2.24, 2.45) is 0 Å². The van der Waals surface area contributed by atoms with Gasteiger partial charge in [0.2, 0.25) is 0 Å². The van der Waals surface area contributed by atoms with Crippen LogP contribution in [0.25, 0.3) is 0 Å². The second-order valence-electron chi connectivity index (χ2n) is 2.38. The molecular formula is C9H10ClN. The highest BCUT2D eigenvalue weighted by Gasteiger charge is 1.89. The maximum Gasteiger partial charge on any atom is 0.0992 e. The van der Waals surface area contributed by atoms with Crippen LogP contribution in [-0.2, 0) is 0 Å². The Kier molecular flexibility index (Phi) is 4.33. The van der Waals surface area contributed by atoms with E-state index >= 15 is 0 Å². The summed E-state index contributed by atoms with van der Waals surface area (Å²) in [6, 6.07) is 2.00. The summed E-state index contributed by atoms with van der Waals surface area (Å²) in [5.41, 5.74) is 1.60. The lowest BCUT2D eigenvalue weighted by Crippen LogP contribution is -1.73. The van der Waals surface area contributed by atoms with Crippen LogP contribution in [0.5, 0.6) is 0 Å². The first kappa shape index (κ1) is 10.0. The fourth-order valence-electron chi connectivity index (χ4n) is 0.586. The summed E-state index contributed by atoms with van der Waals surface area (Å²) >= 11 is 5.48. The van der Waals surface area contributed by atoms with Crippen LogP contribution in [0.2, 0.25) is 0 Å². The SMILES string of the molecule is C=C(Cl)/C=C(/C#N)C=C(C)C. The van der Waals surface area contributed by atoms with Gasteiger partial charge in [-0.05, 0) is 26.0 Å². The fourth-order valence-corrected chi connectivity index (χ4v) is 0.704. The van der Waals surface area contributed by atoms with Crippen molar-refractivity contribution in [1.29, 1.82) is 5.26 Å². The number of halogens is 1. The lowest BCUT2D eigenvalue weighted by Gasteiger charge is -1.89. The minimum atomic E-state index is 0.374. The molecule has 0 aliphatic carbocycles. The minimum absolute atomic E-state index is 0.374. The Balaban J connectivity index is 4.59. The zero-order valence-corrected chi connectivity index (χ0v) is 7.44. The average Bonchev–Trinajstić information content (AvgIpc) is 1.84. The van der Waals surface area contributed by atoms with Gasteiger partial charge in [-0.3, -0.25) is 0 Å². The predicted octanol–water partition coefficient (Wildman–Crippen LogP) is 3.16. The summed E-state index contributed by atoms with van der Waals surface area (Å²) in [5.74, 6) is 0. The molecule has 1 nitrogen and oxygen atoms in total. The quantitative estimate of drug-likeness (QED) is 0.458. The van der Waals surface area contributed by atoms with E-state index in [0.29, 0.717) is 10.6 Å². The van der Waals surface area contributed by atoms with Crippen LogP contribution in [0, 0.1) is 11.3 Å². The average molecular weight is 168 g/mol. The molecule has 0 amide bonds. The molecule has 0 radical (unpaired) electrons. The molecule has 0 rings (SSSR count). The summed E-state index contributed by atoms with van der Waals surface area (Å²) in [6.45, 7) is 7.30. The second kappa shape index (κ2) is 4.76. The molecule has 58 valence electrons. The van der Waals surface area contributed by atoms with Gasteiger partial charge in [-0.25, -0.2) is 0 Å². The van der Waals surface area contributed by atoms with Gasteiger partial charge in [-0.1, -0.05) is 23.8 Å². The molecule has 0 atom stereocenters. The lowest BCUT2D eigenvalue weighted by atomic mass is 10.2. The van der Waals surface area contributed by atoms with Gasteiger partial charge >= 0.3 is 0 Å². The molecule has 0 spiro atoms. The van der Waals surface area contributed by atoms with E-state index in [-0.39, 0.29) is 0 Å². The van der Waals surface area contributed by atoms with Crippen molar-refractivity contribution >= 4 is 11.6 Å². The zero-order valence-electron chi connectivity index (χ0n) is 6.69. The summed E-state index contributed by atoms with van der Waals surface area (Å²) in [5, 5.41) is 8.94. The third kappa shape index (κ3) is 5.44. The molecule has 0 fully saturated rings. The van der Waals surface area contributed by atoms with Gasteiger partial charge in [0, 0.05) is 5.03 Å². The molecule has 0 unspecified atom stereocenters. The Morgan fingerprint density at radius 1 is 1.45 bits per heavy atom. The molecule has 11 heavy (non-hydrogen) atoms. The van der Waals surface area contributed by atoms with E-state index in [0.717, 1.165) is 5.57 Å². The van der Waals surface area contributed by atoms with Crippen molar-refractivity contribution < 1.29 is 0 Å². The van der Waals surface area contributed by atoms with E-state index in [4.69, 9.17) is 16.9 Å². The first-order chi connectivity index (χ1) is 5.06. The van der Waals surface area contributed by atoms with E-state index in [1.807, 2.05) is 19.9 Å². The standard InChI is InChI=1S/C9H10ClN/c1-7(2)4-9(6-11)5-8(3)10/h4-5H,3H2,1-2H3/b9-5+. The van der Waals surface area contributed by atoms with Crippen LogP contribution in [0.15, 0.2) is 34.9 Å². The molecule has 0 aromatic carbocycles. The highest BCUT2D eigenvalue weighted by Crippen LogP contribution is 2.07. The van der Waals surface area contributed by atoms with Gasteiger partial charge in [-0.15, -0.1) is 0 Å². The van der Waals surface area contributed by atoms with Crippen molar-refractivity contribution in [3.63, 3.8) is 0 Å². The maximum absolute atomic E-state index is 8.56. The van der Waals surface area contributed by atoms with E-state index in [2.05, 4.69) is 6.58 Å². The molecular weight excluding hydrogens is 158 g/mol. The Hall–Kier alpha value is -1.00. The van der Waals surface area contributed by atoms with Gasteiger partial charge in [0.05, 0.1) is 11.6 Å². The fraction of sp³-hybridized carbons (Fsp3) is 0.222. The van der Waals surface area contributed by atoms with Gasteiger partial charge in [0.15, 0.2) is 0 Å². The van der Waals surface area contributed by atoms with E-state index in [9.17, 15) is 0 Å². The summed E-state index contributed by atoms with van der Waals surface area (Å²) < 4.78 is 0. The highest BCUT2D eigenvalue weighted by atomic mass is 35.5. The molecule has 0 saturated carbocycles. The Labute approximate surface area is 72.3 Å². The largest absolute Gasteiger partial charge is 0.192 e. The molecule has 0 heterocycles. The van der Waals surface area contributed by atoms with Gasteiger partial charge in [0.1, 0.15) is 0 Å². The molecule has 0 N–H and O–H groups in total. The summed E-state index contributed by atoms with van der Waals surface area (Å²) in [4.78, 5) is 0. The molecule has 0 aromatic heterocycles. The van der Waals surface area contributed by atoms with Crippen LogP contribution in [-0.4, -0.2) is 0 Å². The van der Waals surface area contributed by atoms with E-state index in [1.54, 1.807) is 6.08 Å². The summed E-state index contributed by atoms with van der Waals surface area (Å²) in [6.07, 6.45) is 3.29. The lowest BCUT2D eigenvalue weighted by molar-refractivity contribution is 1.37. The van der Waals surface area contributed by atoms with Crippen molar-refractivity contribution in [3.8, 4) is 6.07 Å². The maximum atomic E-state index is 8.56. The van der Waals surface area contributed by atoms with Crippen LogP contribution in [0.3, 0.4) is 0 Å². The van der Waals surface area contributed by atoms with Crippen molar-refractivity contribution in [2.45, 2.75) is 13.8 Å². The monoisotopic (exact) mass is 167 g/mol. The first-order valence-electron chi connectivity index (χ1n) is 3.17. The number of nitriles is 1. The molecule has 0 bridgehead atoms. The first-order valence-corrected chi connectivity index (χ1v) is 3.55. The van der Waals surface area contributed by atoms with Crippen LogP contribution < -0.4 is 0 Å². The minimum Gasteiger partial charge on any atom is -0.192 e.